The van der Waals surface area contributed by atoms with Crippen molar-refractivity contribution in [3.63, 3.8) is 0 Å². The molecule has 0 radical (unpaired) electrons. The first-order valence-electron chi connectivity index (χ1n) is 11.9. The molecule has 1 saturated carbocycles. The van der Waals surface area contributed by atoms with E-state index in [4.69, 9.17) is 0 Å². The van der Waals surface area contributed by atoms with E-state index in [-0.39, 0.29) is 29.3 Å². The molecule has 11 heteroatoms. The average Bonchev–Trinajstić information content (AvgIpc) is 3.67. The lowest BCUT2D eigenvalue weighted by atomic mass is 9.83. The van der Waals surface area contributed by atoms with Crippen molar-refractivity contribution < 1.29 is 37.1 Å². The van der Waals surface area contributed by atoms with Gasteiger partial charge in [0.1, 0.15) is 5.82 Å². The van der Waals surface area contributed by atoms with Crippen LogP contribution in [0.4, 0.5) is 23.2 Å². The summed E-state index contributed by atoms with van der Waals surface area (Å²) >= 11 is 0. The number of aliphatic imine (C=N–C) groups is 1. The number of hydrogen-bond donors (Lipinski definition) is 3. The Labute approximate surface area is 210 Å². The van der Waals surface area contributed by atoms with Crippen LogP contribution in [-0.2, 0) is 14.4 Å². The number of carbonyl (C=O) groups excluding carboxylic acids is 2. The number of carboxylic acids is 1. The Morgan fingerprint density at radius 3 is 2.41 bits per heavy atom. The topological polar surface area (TPSA) is 108 Å². The number of anilines is 1. The zero-order valence-electron chi connectivity index (χ0n) is 19.6. The standard InChI is InChI=1S/C26H25F4N3O4/c27-19-8-4-7-17-20(15-5-2-1-3-6-15)31-22(24(35)32-21(17)19)33-23(34)16(11-12-26(28,29)30)18(25(36)37)13-14-9-10-14/h1-8,14,16,18,22H,9-13H2,(H,32,35)(H,33,34)(H,36,37)/t16-,18+,22-/m1/s1. The molecule has 37 heavy (non-hydrogen) atoms. The number of benzodiazepines with no additional fused rings is 1. The summed E-state index contributed by atoms with van der Waals surface area (Å²) in [4.78, 5) is 42.5. The maximum atomic E-state index is 14.6. The van der Waals surface area contributed by atoms with Gasteiger partial charge in [0.25, 0.3) is 5.91 Å². The number of nitrogens with one attached hydrogen (secondary N) is 2. The molecule has 7 nitrogen and oxygen atoms in total. The largest absolute Gasteiger partial charge is 0.481 e. The molecule has 1 heterocycles. The van der Waals surface area contributed by atoms with Gasteiger partial charge in [-0.15, -0.1) is 0 Å². The van der Waals surface area contributed by atoms with Gasteiger partial charge in [0.15, 0.2) is 0 Å². The number of aliphatic carboxylic acids is 1. The van der Waals surface area contributed by atoms with Crippen molar-refractivity contribution in [1.29, 1.82) is 0 Å². The normalized spacial score (nSPS) is 19.1. The second-order valence-electron chi connectivity index (χ2n) is 9.29. The summed E-state index contributed by atoms with van der Waals surface area (Å²) in [5.41, 5.74) is 0.786. The van der Waals surface area contributed by atoms with Crippen LogP contribution < -0.4 is 10.6 Å². The van der Waals surface area contributed by atoms with Crippen molar-refractivity contribution in [2.45, 2.75) is 44.4 Å². The molecule has 3 N–H and O–H groups in total. The SMILES string of the molecule is O=C1Nc2c(F)cccc2C(c2ccccc2)=N[C@@H]1NC(=O)[C@H](CCC(F)(F)F)[C@H](CC1CC1)C(=O)O. The Morgan fingerprint density at radius 1 is 1.08 bits per heavy atom. The maximum Gasteiger partial charge on any atom is 0.389 e. The number of hydrogen-bond acceptors (Lipinski definition) is 4. The highest BCUT2D eigenvalue weighted by Gasteiger charge is 2.41. The predicted octanol–water partition coefficient (Wildman–Crippen LogP) is 4.52. The first-order valence-corrected chi connectivity index (χ1v) is 11.9. The molecule has 0 aromatic heterocycles. The van der Waals surface area contributed by atoms with Crippen molar-refractivity contribution in [1.82, 2.24) is 5.32 Å². The first-order chi connectivity index (χ1) is 17.5. The number of alkyl halides is 3. The van der Waals surface area contributed by atoms with Crippen LogP contribution in [0.25, 0.3) is 0 Å². The summed E-state index contributed by atoms with van der Waals surface area (Å²) in [7, 11) is 0. The molecule has 0 saturated heterocycles. The number of nitrogens with zero attached hydrogens (tertiary/aromatic N) is 1. The smallest absolute Gasteiger partial charge is 0.389 e. The van der Waals surface area contributed by atoms with Crippen molar-refractivity contribution in [2.24, 2.45) is 22.7 Å². The highest BCUT2D eigenvalue weighted by Crippen LogP contribution is 2.39. The van der Waals surface area contributed by atoms with Crippen molar-refractivity contribution in [3.8, 4) is 0 Å². The second kappa shape index (κ2) is 10.7. The molecule has 2 aliphatic rings. The molecule has 0 spiro atoms. The summed E-state index contributed by atoms with van der Waals surface area (Å²) < 4.78 is 53.7. The van der Waals surface area contributed by atoms with Gasteiger partial charge in [-0.05, 0) is 24.8 Å². The minimum Gasteiger partial charge on any atom is -0.481 e. The summed E-state index contributed by atoms with van der Waals surface area (Å²) in [6, 6.07) is 12.6. The molecule has 0 unspecified atom stereocenters. The number of benzene rings is 2. The van der Waals surface area contributed by atoms with Crippen molar-refractivity contribution in [3.05, 3.63) is 65.5 Å². The minimum atomic E-state index is -4.60. The maximum absolute atomic E-state index is 14.6. The average molecular weight is 519 g/mol. The van der Waals surface area contributed by atoms with Gasteiger partial charge in [0.05, 0.1) is 23.2 Å². The summed E-state index contributed by atoms with van der Waals surface area (Å²) in [5.74, 6) is -6.90. The van der Waals surface area contributed by atoms with Crippen molar-refractivity contribution in [2.75, 3.05) is 5.32 Å². The van der Waals surface area contributed by atoms with Crippen molar-refractivity contribution >= 4 is 29.2 Å². The van der Waals surface area contributed by atoms with E-state index in [0.29, 0.717) is 5.56 Å². The Balaban J connectivity index is 1.67. The summed E-state index contributed by atoms with van der Waals surface area (Å²) in [5, 5.41) is 14.5. The molecule has 1 aliphatic heterocycles. The number of carbonyl (C=O) groups is 3. The van der Waals surface area contributed by atoms with E-state index < -0.39 is 60.6 Å². The predicted molar refractivity (Wildman–Crippen MR) is 126 cm³/mol. The molecule has 2 amide bonds. The van der Waals surface area contributed by atoms with Crippen LogP contribution in [0.2, 0.25) is 0 Å². The van der Waals surface area contributed by atoms with E-state index >= 15 is 0 Å². The van der Waals surface area contributed by atoms with Crippen LogP contribution in [0, 0.1) is 23.6 Å². The fourth-order valence-corrected chi connectivity index (χ4v) is 4.45. The lowest BCUT2D eigenvalue weighted by Crippen LogP contribution is -2.47. The molecular formula is C26H25F4N3O4. The van der Waals surface area contributed by atoms with Crippen LogP contribution in [0.5, 0.6) is 0 Å². The number of rotatable bonds is 9. The van der Waals surface area contributed by atoms with E-state index in [9.17, 15) is 37.1 Å². The van der Waals surface area contributed by atoms with E-state index in [1.165, 1.54) is 12.1 Å². The van der Waals surface area contributed by atoms with Gasteiger partial charge in [-0.2, -0.15) is 13.2 Å². The van der Waals surface area contributed by atoms with E-state index in [2.05, 4.69) is 15.6 Å². The molecule has 2 aromatic carbocycles. The summed E-state index contributed by atoms with van der Waals surface area (Å²) in [6.45, 7) is 0. The molecule has 1 aliphatic carbocycles. The van der Waals surface area contributed by atoms with Gasteiger partial charge >= 0.3 is 12.1 Å². The monoisotopic (exact) mass is 519 g/mol. The zero-order chi connectivity index (χ0) is 26.7. The third-order valence-electron chi connectivity index (χ3n) is 6.51. The van der Waals surface area contributed by atoms with Gasteiger partial charge in [-0.1, -0.05) is 55.3 Å². The molecule has 2 aromatic rings. The molecule has 1 fully saturated rings. The zero-order valence-corrected chi connectivity index (χ0v) is 19.6. The molecule has 3 atom stereocenters. The lowest BCUT2D eigenvalue weighted by Gasteiger charge is -2.25. The highest BCUT2D eigenvalue weighted by atomic mass is 19.4. The quantitative estimate of drug-likeness (QED) is 0.424. The van der Waals surface area contributed by atoms with Crippen LogP contribution >= 0.6 is 0 Å². The van der Waals surface area contributed by atoms with E-state index in [1.54, 1.807) is 30.3 Å². The number of amides is 2. The first kappa shape index (κ1) is 26.3. The van der Waals surface area contributed by atoms with Gasteiger partial charge in [-0.25, -0.2) is 9.38 Å². The third-order valence-corrected chi connectivity index (χ3v) is 6.51. The molecular weight excluding hydrogens is 494 g/mol. The fraction of sp³-hybridized carbons (Fsp3) is 0.385. The molecule has 0 bridgehead atoms. The second-order valence-corrected chi connectivity index (χ2v) is 9.29. The highest BCUT2D eigenvalue weighted by molar-refractivity contribution is 6.19. The summed E-state index contributed by atoms with van der Waals surface area (Å²) in [6.07, 6.45) is -6.77. The van der Waals surface area contributed by atoms with Gasteiger partial charge < -0.3 is 15.7 Å². The third kappa shape index (κ3) is 6.52. The van der Waals surface area contributed by atoms with E-state index in [1.807, 2.05) is 0 Å². The van der Waals surface area contributed by atoms with Crippen LogP contribution in [0.1, 0.15) is 43.2 Å². The number of para-hydroxylation sites is 1. The van der Waals surface area contributed by atoms with Crippen LogP contribution in [-0.4, -0.2) is 40.9 Å². The Kier molecular flexibility index (Phi) is 7.60. The van der Waals surface area contributed by atoms with Gasteiger partial charge in [-0.3, -0.25) is 14.4 Å². The lowest BCUT2D eigenvalue weighted by molar-refractivity contribution is -0.154. The van der Waals surface area contributed by atoms with Gasteiger partial charge in [0, 0.05) is 17.5 Å². The van der Waals surface area contributed by atoms with Gasteiger partial charge in [0.2, 0.25) is 12.1 Å². The molecule has 196 valence electrons. The number of fused-ring (bicyclic) bond motifs is 1. The number of carboxylic acid groups (broad SMARTS) is 1. The number of halogens is 4. The van der Waals surface area contributed by atoms with Crippen LogP contribution in [0.3, 0.4) is 0 Å². The Hall–Kier alpha value is -3.76. The fourth-order valence-electron chi connectivity index (χ4n) is 4.45. The van der Waals surface area contributed by atoms with E-state index in [0.717, 1.165) is 18.9 Å². The minimum absolute atomic E-state index is 0.0312. The Morgan fingerprint density at radius 2 is 1.78 bits per heavy atom. The Bertz CT molecular complexity index is 1210. The molecule has 4 rings (SSSR count). The van der Waals surface area contributed by atoms with Crippen LogP contribution in [0.15, 0.2) is 53.5 Å².